The van der Waals surface area contributed by atoms with Crippen LogP contribution in [0.1, 0.15) is 15.9 Å². The molecule has 1 aromatic heterocycles. The standard InChI is InChI=1S/C13H9BrF2N2O/c1-7-4-10(16)11(5-9(7)15)18-13(19)8-2-3-12(14)17-6-8/h2-6H,1H3,(H,18,19). The number of carbonyl (C=O) groups is 1. The Bertz CT molecular complexity index is 629. The molecule has 0 saturated heterocycles. The molecule has 6 heteroatoms. The molecule has 1 N–H and O–H groups in total. The summed E-state index contributed by atoms with van der Waals surface area (Å²) < 4.78 is 27.5. The van der Waals surface area contributed by atoms with Gasteiger partial charge in [0.1, 0.15) is 16.2 Å². The molecule has 0 radical (unpaired) electrons. The number of hydrogen-bond donors (Lipinski definition) is 1. The highest BCUT2D eigenvalue weighted by molar-refractivity contribution is 9.10. The number of anilines is 1. The van der Waals surface area contributed by atoms with Crippen LogP contribution in [0.4, 0.5) is 14.5 Å². The largest absolute Gasteiger partial charge is 0.319 e. The van der Waals surface area contributed by atoms with Gasteiger partial charge in [0.05, 0.1) is 11.3 Å². The maximum atomic E-state index is 13.6. The molecule has 98 valence electrons. The lowest BCUT2D eigenvalue weighted by molar-refractivity contribution is 0.102. The van der Waals surface area contributed by atoms with Gasteiger partial charge in [0.25, 0.3) is 5.91 Å². The van der Waals surface area contributed by atoms with Crippen molar-refractivity contribution in [3.05, 3.63) is 57.8 Å². The Balaban J connectivity index is 2.24. The quantitative estimate of drug-likeness (QED) is 0.855. The lowest BCUT2D eigenvalue weighted by atomic mass is 10.2. The zero-order valence-corrected chi connectivity index (χ0v) is 11.5. The van der Waals surface area contributed by atoms with Crippen molar-refractivity contribution in [2.45, 2.75) is 6.92 Å². The Morgan fingerprint density at radius 2 is 2.00 bits per heavy atom. The van der Waals surface area contributed by atoms with Crippen molar-refractivity contribution in [1.29, 1.82) is 0 Å². The van der Waals surface area contributed by atoms with Crippen LogP contribution in [0.15, 0.2) is 35.1 Å². The molecule has 0 aliphatic heterocycles. The van der Waals surface area contributed by atoms with Crippen molar-refractivity contribution in [3.63, 3.8) is 0 Å². The minimum absolute atomic E-state index is 0.181. The van der Waals surface area contributed by atoms with E-state index in [1.54, 1.807) is 6.07 Å². The van der Waals surface area contributed by atoms with Gasteiger partial charge >= 0.3 is 0 Å². The second-order valence-electron chi connectivity index (χ2n) is 3.90. The minimum Gasteiger partial charge on any atom is -0.319 e. The number of halogens is 3. The number of aromatic nitrogens is 1. The summed E-state index contributed by atoms with van der Waals surface area (Å²) in [6, 6.07) is 5.09. The van der Waals surface area contributed by atoms with Crippen LogP contribution in [0.5, 0.6) is 0 Å². The molecule has 2 aromatic rings. The topological polar surface area (TPSA) is 42.0 Å². The number of nitrogens with one attached hydrogen (secondary N) is 1. The Hall–Kier alpha value is -1.82. The lowest BCUT2D eigenvalue weighted by Gasteiger charge is -2.07. The Morgan fingerprint density at radius 3 is 2.63 bits per heavy atom. The summed E-state index contributed by atoms with van der Waals surface area (Å²) >= 11 is 3.14. The van der Waals surface area contributed by atoms with Gasteiger partial charge < -0.3 is 5.32 Å². The molecule has 0 aliphatic rings. The first-order valence-corrected chi connectivity index (χ1v) is 6.15. The zero-order chi connectivity index (χ0) is 14.0. The van der Waals surface area contributed by atoms with Gasteiger partial charge in [-0.05, 0) is 46.6 Å². The van der Waals surface area contributed by atoms with Crippen molar-refractivity contribution >= 4 is 27.5 Å². The number of pyridine rings is 1. The molecule has 2 rings (SSSR count). The predicted octanol–water partition coefficient (Wildman–Crippen LogP) is 3.68. The molecule has 1 aromatic carbocycles. The monoisotopic (exact) mass is 326 g/mol. The van der Waals surface area contributed by atoms with E-state index in [0.29, 0.717) is 4.60 Å². The van der Waals surface area contributed by atoms with Gasteiger partial charge in [0.2, 0.25) is 0 Å². The van der Waals surface area contributed by atoms with Crippen LogP contribution < -0.4 is 5.32 Å². The predicted molar refractivity (Wildman–Crippen MR) is 71.0 cm³/mol. The molecular weight excluding hydrogens is 318 g/mol. The third kappa shape index (κ3) is 3.14. The third-order valence-corrected chi connectivity index (χ3v) is 2.96. The van der Waals surface area contributed by atoms with Crippen LogP contribution in [-0.2, 0) is 0 Å². The number of aryl methyl sites for hydroxylation is 1. The molecule has 1 amide bonds. The summed E-state index contributed by atoms with van der Waals surface area (Å²) in [5.74, 6) is -1.81. The lowest BCUT2D eigenvalue weighted by Crippen LogP contribution is -2.13. The molecular formula is C13H9BrF2N2O. The summed E-state index contributed by atoms with van der Waals surface area (Å²) in [6.07, 6.45) is 1.34. The van der Waals surface area contributed by atoms with Gasteiger partial charge in [-0.15, -0.1) is 0 Å². The summed E-state index contributed by atoms with van der Waals surface area (Å²) in [5, 5.41) is 2.30. The molecule has 0 atom stereocenters. The summed E-state index contributed by atoms with van der Waals surface area (Å²) in [6.45, 7) is 1.45. The number of carbonyl (C=O) groups excluding carboxylic acids is 1. The Labute approximate surface area is 116 Å². The maximum absolute atomic E-state index is 13.6. The molecule has 0 aliphatic carbocycles. The van der Waals surface area contributed by atoms with Gasteiger partial charge in [-0.2, -0.15) is 0 Å². The van der Waals surface area contributed by atoms with E-state index in [0.717, 1.165) is 12.1 Å². The van der Waals surface area contributed by atoms with Crippen LogP contribution in [0.3, 0.4) is 0 Å². The van der Waals surface area contributed by atoms with Crippen LogP contribution >= 0.6 is 15.9 Å². The smallest absolute Gasteiger partial charge is 0.257 e. The summed E-state index contributed by atoms with van der Waals surface area (Å²) in [4.78, 5) is 15.7. The van der Waals surface area contributed by atoms with E-state index >= 15 is 0 Å². The van der Waals surface area contributed by atoms with Crippen molar-refractivity contribution in [2.75, 3.05) is 5.32 Å². The SMILES string of the molecule is Cc1cc(F)c(NC(=O)c2ccc(Br)nc2)cc1F. The highest BCUT2D eigenvalue weighted by Gasteiger charge is 2.12. The normalized spacial score (nSPS) is 10.3. The van der Waals surface area contributed by atoms with Gasteiger partial charge in [0.15, 0.2) is 0 Å². The maximum Gasteiger partial charge on any atom is 0.257 e. The first-order chi connectivity index (χ1) is 8.97. The average molecular weight is 327 g/mol. The minimum atomic E-state index is -0.683. The molecule has 3 nitrogen and oxygen atoms in total. The Kier molecular flexibility index (Phi) is 3.90. The van der Waals surface area contributed by atoms with E-state index in [-0.39, 0.29) is 16.8 Å². The van der Waals surface area contributed by atoms with Crippen molar-refractivity contribution in [3.8, 4) is 0 Å². The van der Waals surface area contributed by atoms with Crippen LogP contribution in [0, 0.1) is 18.6 Å². The number of nitrogens with zero attached hydrogens (tertiary/aromatic N) is 1. The van der Waals surface area contributed by atoms with Gasteiger partial charge in [-0.25, -0.2) is 13.8 Å². The van der Waals surface area contributed by atoms with E-state index < -0.39 is 17.5 Å². The Morgan fingerprint density at radius 1 is 1.26 bits per heavy atom. The van der Waals surface area contributed by atoms with E-state index in [2.05, 4.69) is 26.2 Å². The molecule has 0 unspecified atom stereocenters. The second-order valence-corrected chi connectivity index (χ2v) is 4.72. The first-order valence-electron chi connectivity index (χ1n) is 5.36. The molecule has 0 saturated carbocycles. The highest BCUT2D eigenvalue weighted by Crippen LogP contribution is 2.19. The number of benzene rings is 1. The first kappa shape index (κ1) is 13.6. The number of rotatable bonds is 2. The van der Waals surface area contributed by atoms with Crippen molar-refractivity contribution < 1.29 is 13.6 Å². The fourth-order valence-electron chi connectivity index (χ4n) is 1.45. The van der Waals surface area contributed by atoms with Gasteiger partial charge in [-0.3, -0.25) is 4.79 Å². The number of amides is 1. The zero-order valence-electron chi connectivity index (χ0n) is 9.88. The molecule has 0 spiro atoms. The van der Waals surface area contributed by atoms with Crippen molar-refractivity contribution in [1.82, 2.24) is 4.98 Å². The molecule has 19 heavy (non-hydrogen) atoms. The fraction of sp³-hybridized carbons (Fsp3) is 0.0769. The van der Waals surface area contributed by atoms with Gasteiger partial charge in [-0.1, -0.05) is 0 Å². The summed E-state index contributed by atoms with van der Waals surface area (Å²) in [5.41, 5.74) is 0.236. The highest BCUT2D eigenvalue weighted by atomic mass is 79.9. The molecule has 0 bridgehead atoms. The average Bonchev–Trinajstić information content (AvgIpc) is 2.36. The second kappa shape index (κ2) is 5.44. The van der Waals surface area contributed by atoms with E-state index in [1.165, 1.54) is 19.2 Å². The van der Waals surface area contributed by atoms with E-state index in [9.17, 15) is 13.6 Å². The van der Waals surface area contributed by atoms with E-state index in [1.807, 2.05) is 0 Å². The third-order valence-electron chi connectivity index (χ3n) is 2.49. The summed E-state index contributed by atoms with van der Waals surface area (Å²) in [7, 11) is 0. The van der Waals surface area contributed by atoms with Crippen LogP contribution in [0.25, 0.3) is 0 Å². The van der Waals surface area contributed by atoms with Gasteiger partial charge in [0, 0.05) is 12.3 Å². The van der Waals surface area contributed by atoms with Crippen LogP contribution in [0.2, 0.25) is 0 Å². The molecule has 1 heterocycles. The van der Waals surface area contributed by atoms with Crippen molar-refractivity contribution in [2.24, 2.45) is 0 Å². The molecule has 0 fully saturated rings. The van der Waals surface area contributed by atoms with Crippen LogP contribution in [-0.4, -0.2) is 10.9 Å². The fourth-order valence-corrected chi connectivity index (χ4v) is 1.68. The van der Waals surface area contributed by atoms with E-state index in [4.69, 9.17) is 0 Å². The number of hydrogen-bond acceptors (Lipinski definition) is 2.